The van der Waals surface area contributed by atoms with Crippen LogP contribution in [-0.2, 0) is 4.79 Å². The maximum Gasteiger partial charge on any atom is 0.320 e. The molecule has 3 N–H and O–H groups in total. The van der Waals surface area contributed by atoms with E-state index in [1.165, 1.54) is 12.8 Å². The number of nitrogens with one attached hydrogen (secondary N) is 1. The van der Waals surface area contributed by atoms with Crippen molar-refractivity contribution in [2.45, 2.75) is 38.5 Å². The van der Waals surface area contributed by atoms with Crippen LogP contribution in [0.5, 0.6) is 0 Å². The first kappa shape index (κ1) is 16.1. The molecule has 0 radical (unpaired) electrons. The minimum atomic E-state index is -0.0822. The topological polar surface area (TPSA) is 78.7 Å². The average molecular weight is 296 g/mol. The summed E-state index contributed by atoms with van der Waals surface area (Å²) in [6.07, 6.45) is 6.39. The van der Waals surface area contributed by atoms with Crippen molar-refractivity contribution < 1.29 is 9.59 Å². The fourth-order valence-corrected chi connectivity index (χ4v) is 3.17. The van der Waals surface area contributed by atoms with Gasteiger partial charge in [-0.05, 0) is 25.7 Å². The SMILES string of the molecule is NCCNC(=O)C1CCCN(C(=O)N2CCCCCC2)C1. The van der Waals surface area contributed by atoms with E-state index in [-0.39, 0.29) is 17.9 Å². The van der Waals surface area contributed by atoms with Crippen molar-refractivity contribution >= 4 is 11.9 Å². The van der Waals surface area contributed by atoms with Crippen molar-refractivity contribution in [3.63, 3.8) is 0 Å². The second-order valence-electron chi connectivity index (χ2n) is 6.05. The molecule has 6 nitrogen and oxygen atoms in total. The maximum absolute atomic E-state index is 12.6. The van der Waals surface area contributed by atoms with Gasteiger partial charge < -0.3 is 20.9 Å². The number of likely N-dealkylation sites (tertiary alicyclic amines) is 2. The van der Waals surface area contributed by atoms with Gasteiger partial charge in [0.05, 0.1) is 5.92 Å². The van der Waals surface area contributed by atoms with Crippen molar-refractivity contribution in [3.05, 3.63) is 0 Å². The van der Waals surface area contributed by atoms with Crippen LogP contribution in [0.1, 0.15) is 38.5 Å². The van der Waals surface area contributed by atoms with Crippen LogP contribution in [0, 0.1) is 5.92 Å². The first-order chi connectivity index (χ1) is 10.2. The summed E-state index contributed by atoms with van der Waals surface area (Å²) < 4.78 is 0. The molecule has 1 atom stereocenters. The number of amides is 3. The van der Waals surface area contributed by atoms with Crippen LogP contribution in [0.2, 0.25) is 0 Å². The molecule has 0 aromatic heterocycles. The molecule has 21 heavy (non-hydrogen) atoms. The van der Waals surface area contributed by atoms with Gasteiger partial charge >= 0.3 is 6.03 Å². The van der Waals surface area contributed by atoms with Gasteiger partial charge in [-0.25, -0.2) is 4.79 Å². The van der Waals surface area contributed by atoms with E-state index in [1.807, 2.05) is 9.80 Å². The van der Waals surface area contributed by atoms with Gasteiger partial charge in [0, 0.05) is 39.3 Å². The molecule has 2 aliphatic rings. The number of nitrogens with two attached hydrogens (primary N) is 1. The van der Waals surface area contributed by atoms with Crippen molar-refractivity contribution in [2.75, 3.05) is 39.3 Å². The quantitative estimate of drug-likeness (QED) is 0.807. The number of nitrogens with zero attached hydrogens (tertiary/aromatic N) is 2. The molecule has 2 saturated heterocycles. The van der Waals surface area contributed by atoms with Crippen LogP contribution in [0.3, 0.4) is 0 Å². The van der Waals surface area contributed by atoms with E-state index in [0.717, 1.165) is 45.3 Å². The zero-order chi connectivity index (χ0) is 15.1. The summed E-state index contributed by atoms with van der Waals surface area (Å²) in [5.41, 5.74) is 5.41. The van der Waals surface area contributed by atoms with Gasteiger partial charge in [0.15, 0.2) is 0 Å². The van der Waals surface area contributed by atoms with E-state index in [1.54, 1.807) is 0 Å². The monoisotopic (exact) mass is 296 g/mol. The van der Waals surface area contributed by atoms with E-state index in [9.17, 15) is 9.59 Å². The largest absolute Gasteiger partial charge is 0.355 e. The number of carbonyl (C=O) groups is 2. The highest BCUT2D eigenvalue weighted by Gasteiger charge is 2.30. The van der Waals surface area contributed by atoms with E-state index < -0.39 is 0 Å². The lowest BCUT2D eigenvalue weighted by Crippen LogP contribution is -2.50. The third-order valence-corrected chi connectivity index (χ3v) is 4.38. The van der Waals surface area contributed by atoms with Crippen LogP contribution in [0.4, 0.5) is 4.79 Å². The zero-order valence-electron chi connectivity index (χ0n) is 12.9. The number of hydrogen-bond donors (Lipinski definition) is 2. The molecule has 2 fully saturated rings. The molecule has 1 unspecified atom stereocenters. The molecule has 0 aromatic carbocycles. The van der Waals surface area contributed by atoms with Gasteiger partial charge in [-0.3, -0.25) is 4.79 Å². The maximum atomic E-state index is 12.6. The fraction of sp³-hybridized carbons (Fsp3) is 0.867. The highest BCUT2D eigenvalue weighted by molar-refractivity contribution is 5.80. The van der Waals surface area contributed by atoms with E-state index in [0.29, 0.717) is 19.6 Å². The molecular weight excluding hydrogens is 268 g/mol. The third kappa shape index (κ3) is 4.59. The van der Waals surface area contributed by atoms with Gasteiger partial charge in [0.2, 0.25) is 5.91 Å². The number of piperidine rings is 1. The molecule has 6 heteroatoms. The minimum Gasteiger partial charge on any atom is -0.355 e. The third-order valence-electron chi connectivity index (χ3n) is 4.38. The van der Waals surface area contributed by atoms with Crippen molar-refractivity contribution in [3.8, 4) is 0 Å². The lowest BCUT2D eigenvalue weighted by atomic mass is 9.97. The Kier molecular flexibility index (Phi) is 6.29. The van der Waals surface area contributed by atoms with Gasteiger partial charge in [0.1, 0.15) is 0 Å². The van der Waals surface area contributed by atoms with Crippen LogP contribution < -0.4 is 11.1 Å². The second-order valence-corrected chi connectivity index (χ2v) is 6.05. The average Bonchev–Trinajstić information content (AvgIpc) is 2.81. The molecule has 2 aliphatic heterocycles. The molecule has 2 rings (SSSR count). The van der Waals surface area contributed by atoms with Gasteiger partial charge in [0.25, 0.3) is 0 Å². The van der Waals surface area contributed by atoms with Crippen molar-refractivity contribution in [1.82, 2.24) is 15.1 Å². The summed E-state index contributed by atoms with van der Waals surface area (Å²) in [5, 5.41) is 2.84. The molecule has 3 amide bonds. The number of rotatable bonds is 3. The van der Waals surface area contributed by atoms with E-state index >= 15 is 0 Å². The zero-order valence-corrected chi connectivity index (χ0v) is 12.9. The molecule has 0 bridgehead atoms. The lowest BCUT2D eigenvalue weighted by Gasteiger charge is -2.35. The summed E-state index contributed by atoms with van der Waals surface area (Å²) in [7, 11) is 0. The predicted molar refractivity (Wildman–Crippen MR) is 81.8 cm³/mol. The van der Waals surface area contributed by atoms with E-state index in [2.05, 4.69) is 5.32 Å². The summed E-state index contributed by atoms with van der Waals surface area (Å²) in [4.78, 5) is 28.5. The normalized spacial score (nSPS) is 23.6. The molecule has 0 aromatic rings. The summed E-state index contributed by atoms with van der Waals surface area (Å²) >= 11 is 0. The molecule has 120 valence electrons. The Morgan fingerprint density at radius 1 is 1.00 bits per heavy atom. The number of urea groups is 1. The summed E-state index contributed by atoms with van der Waals surface area (Å²) in [6.45, 7) is 4.00. The van der Waals surface area contributed by atoms with Gasteiger partial charge in [-0.15, -0.1) is 0 Å². The van der Waals surface area contributed by atoms with Gasteiger partial charge in [-0.2, -0.15) is 0 Å². The second kappa shape index (κ2) is 8.22. The van der Waals surface area contributed by atoms with Crippen LogP contribution >= 0.6 is 0 Å². The Bertz CT molecular complexity index is 354. The molecule has 0 saturated carbocycles. The van der Waals surface area contributed by atoms with Crippen LogP contribution in [0.15, 0.2) is 0 Å². The Balaban J connectivity index is 1.87. The first-order valence-electron chi connectivity index (χ1n) is 8.24. The van der Waals surface area contributed by atoms with E-state index in [4.69, 9.17) is 5.73 Å². The minimum absolute atomic E-state index is 0.0359. The molecule has 2 heterocycles. The Labute approximate surface area is 127 Å². The standard InChI is InChI=1S/C15H28N4O2/c16-7-8-17-14(20)13-6-5-11-19(12-13)15(21)18-9-3-1-2-4-10-18/h13H,1-12,16H2,(H,17,20). The van der Waals surface area contributed by atoms with Crippen molar-refractivity contribution in [2.24, 2.45) is 11.7 Å². The number of hydrogen-bond acceptors (Lipinski definition) is 3. The summed E-state index contributed by atoms with van der Waals surface area (Å²) in [6, 6.07) is 0.119. The first-order valence-corrected chi connectivity index (χ1v) is 8.24. The molecule has 0 spiro atoms. The predicted octanol–water partition coefficient (Wildman–Crippen LogP) is 0.769. The lowest BCUT2D eigenvalue weighted by molar-refractivity contribution is -0.126. The van der Waals surface area contributed by atoms with Gasteiger partial charge in [-0.1, -0.05) is 12.8 Å². The smallest absolute Gasteiger partial charge is 0.320 e. The van der Waals surface area contributed by atoms with Crippen LogP contribution in [0.25, 0.3) is 0 Å². The Hall–Kier alpha value is -1.30. The van der Waals surface area contributed by atoms with Crippen molar-refractivity contribution in [1.29, 1.82) is 0 Å². The molecule has 0 aliphatic carbocycles. The fourth-order valence-electron chi connectivity index (χ4n) is 3.17. The summed E-state index contributed by atoms with van der Waals surface area (Å²) in [5.74, 6) is -0.0463. The number of carbonyl (C=O) groups excluding carboxylic acids is 2. The highest BCUT2D eigenvalue weighted by atomic mass is 16.2. The Morgan fingerprint density at radius 3 is 2.33 bits per heavy atom. The highest BCUT2D eigenvalue weighted by Crippen LogP contribution is 2.19. The Morgan fingerprint density at radius 2 is 1.67 bits per heavy atom. The molecular formula is C15H28N4O2. The van der Waals surface area contributed by atoms with Crippen LogP contribution in [-0.4, -0.2) is 61.0 Å².